The molecule has 0 aromatic carbocycles. The summed E-state index contributed by atoms with van der Waals surface area (Å²) in [7, 11) is 0. The van der Waals surface area contributed by atoms with E-state index in [0.717, 1.165) is 10.6 Å². The van der Waals surface area contributed by atoms with Crippen LogP contribution in [0.25, 0.3) is 0 Å². The molecular weight excluding hydrogens is 170 g/mol. The van der Waals surface area contributed by atoms with E-state index in [0.29, 0.717) is 11.5 Å². The minimum atomic E-state index is 0.410. The zero-order valence-corrected chi connectivity index (χ0v) is 8.40. The fourth-order valence-electron chi connectivity index (χ4n) is 1.63. The molecule has 0 aliphatic heterocycles. The average Bonchev–Trinajstić information content (AvgIpc) is 2.42. The second kappa shape index (κ2) is 2.19. The van der Waals surface area contributed by atoms with Gasteiger partial charge in [0.05, 0.1) is 0 Å². The van der Waals surface area contributed by atoms with E-state index in [1.165, 1.54) is 6.42 Å². The van der Waals surface area contributed by atoms with Gasteiger partial charge < -0.3 is 4.57 Å². The molecule has 0 saturated heterocycles. The summed E-state index contributed by atoms with van der Waals surface area (Å²) in [6.07, 6.45) is 1.21. The molecule has 3 nitrogen and oxygen atoms in total. The highest BCUT2D eigenvalue weighted by atomic mass is 32.1. The van der Waals surface area contributed by atoms with Gasteiger partial charge in [-0.25, -0.2) is 0 Å². The number of rotatable bonds is 1. The first-order valence-corrected chi connectivity index (χ1v) is 4.57. The Balaban J connectivity index is 2.42. The topological polar surface area (TPSA) is 33.6 Å². The van der Waals surface area contributed by atoms with Crippen LogP contribution >= 0.6 is 12.2 Å². The van der Waals surface area contributed by atoms with Crippen molar-refractivity contribution in [2.45, 2.75) is 33.2 Å². The predicted molar refractivity (Wildman–Crippen MR) is 49.6 cm³/mol. The van der Waals surface area contributed by atoms with E-state index >= 15 is 0 Å². The molecule has 1 aromatic rings. The normalized spacial score (nSPS) is 25.8. The highest BCUT2D eigenvalue weighted by Crippen LogP contribution is 2.55. The minimum Gasteiger partial charge on any atom is -0.301 e. The van der Waals surface area contributed by atoms with Crippen molar-refractivity contribution in [1.82, 2.24) is 14.8 Å². The van der Waals surface area contributed by atoms with Gasteiger partial charge in [0.25, 0.3) is 0 Å². The highest BCUT2D eigenvalue weighted by molar-refractivity contribution is 7.71. The lowest BCUT2D eigenvalue weighted by Gasteiger charge is -2.05. The van der Waals surface area contributed by atoms with E-state index in [9.17, 15) is 0 Å². The van der Waals surface area contributed by atoms with Crippen LogP contribution in [0.1, 0.15) is 32.1 Å². The monoisotopic (exact) mass is 183 g/mol. The first-order chi connectivity index (χ1) is 5.52. The Kier molecular flexibility index (Phi) is 1.46. The zero-order chi connectivity index (χ0) is 8.93. The number of nitrogens with one attached hydrogen (secondary N) is 1. The number of H-pyrrole nitrogens is 1. The van der Waals surface area contributed by atoms with Crippen molar-refractivity contribution >= 4 is 12.2 Å². The van der Waals surface area contributed by atoms with E-state index < -0.39 is 0 Å². The first-order valence-electron chi connectivity index (χ1n) is 4.16. The van der Waals surface area contributed by atoms with Crippen LogP contribution in [0.2, 0.25) is 0 Å². The molecule has 1 heterocycles. The van der Waals surface area contributed by atoms with Gasteiger partial charge in [0.2, 0.25) is 0 Å². The van der Waals surface area contributed by atoms with E-state index in [1.54, 1.807) is 0 Å². The number of aromatic nitrogens is 3. The van der Waals surface area contributed by atoms with Gasteiger partial charge in [0, 0.05) is 6.04 Å². The molecule has 0 bridgehead atoms. The van der Waals surface area contributed by atoms with Crippen LogP contribution in [0, 0.1) is 17.1 Å². The van der Waals surface area contributed by atoms with E-state index in [4.69, 9.17) is 12.2 Å². The van der Waals surface area contributed by atoms with Crippen LogP contribution in [0.15, 0.2) is 0 Å². The summed E-state index contributed by atoms with van der Waals surface area (Å²) < 4.78 is 2.87. The highest BCUT2D eigenvalue weighted by Gasteiger charge is 2.48. The molecule has 2 rings (SSSR count). The van der Waals surface area contributed by atoms with Crippen molar-refractivity contribution in [3.05, 3.63) is 10.6 Å². The number of aryl methyl sites for hydroxylation is 1. The average molecular weight is 183 g/mol. The molecule has 1 aliphatic carbocycles. The molecule has 1 unspecified atom stereocenters. The maximum absolute atomic E-state index is 5.14. The Morgan fingerprint density at radius 3 is 2.58 bits per heavy atom. The molecular formula is C8H13N3S. The van der Waals surface area contributed by atoms with Crippen LogP contribution < -0.4 is 0 Å². The van der Waals surface area contributed by atoms with Crippen molar-refractivity contribution in [3.63, 3.8) is 0 Å². The molecule has 1 saturated carbocycles. The van der Waals surface area contributed by atoms with Gasteiger partial charge in [0.15, 0.2) is 4.77 Å². The Morgan fingerprint density at radius 2 is 2.25 bits per heavy atom. The Hall–Kier alpha value is -0.640. The van der Waals surface area contributed by atoms with Crippen LogP contribution in [-0.2, 0) is 0 Å². The number of aromatic amines is 1. The van der Waals surface area contributed by atoms with Gasteiger partial charge in [-0.2, -0.15) is 5.10 Å². The summed E-state index contributed by atoms with van der Waals surface area (Å²) in [5.41, 5.74) is 0.410. The van der Waals surface area contributed by atoms with Gasteiger partial charge in [-0.3, -0.25) is 5.10 Å². The van der Waals surface area contributed by atoms with Gasteiger partial charge in [-0.1, -0.05) is 13.8 Å². The van der Waals surface area contributed by atoms with Crippen LogP contribution in [0.4, 0.5) is 0 Å². The van der Waals surface area contributed by atoms with Crippen molar-refractivity contribution in [3.8, 4) is 0 Å². The first kappa shape index (κ1) is 7.98. The van der Waals surface area contributed by atoms with Gasteiger partial charge in [0.1, 0.15) is 5.82 Å². The molecule has 0 amide bonds. The summed E-state index contributed by atoms with van der Waals surface area (Å²) in [5, 5.41) is 6.90. The van der Waals surface area contributed by atoms with Crippen molar-refractivity contribution < 1.29 is 0 Å². The van der Waals surface area contributed by atoms with Gasteiger partial charge >= 0.3 is 0 Å². The lowest BCUT2D eigenvalue weighted by molar-refractivity contribution is 0.529. The molecule has 1 aliphatic rings. The van der Waals surface area contributed by atoms with Crippen LogP contribution in [0.5, 0.6) is 0 Å². The molecule has 1 N–H and O–H groups in total. The van der Waals surface area contributed by atoms with Crippen molar-refractivity contribution in [2.75, 3.05) is 0 Å². The molecule has 1 aromatic heterocycles. The lowest BCUT2D eigenvalue weighted by atomic mass is 10.2. The van der Waals surface area contributed by atoms with E-state index in [1.807, 2.05) is 6.92 Å². The largest absolute Gasteiger partial charge is 0.301 e. The second-order valence-corrected chi connectivity index (χ2v) is 4.54. The second-order valence-electron chi connectivity index (χ2n) is 4.15. The molecule has 1 atom stereocenters. The Morgan fingerprint density at radius 1 is 1.67 bits per heavy atom. The summed E-state index contributed by atoms with van der Waals surface area (Å²) in [4.78, 5) is 0. The molecule has 12 heavy (non-hydrogen) atoms. The standard InChI is InChI=1S/C8H13N3S/c1-5-9-10-7(12)11(5)6-4-8(6,2)3/h6H,4H2,1-3H3,(H,10,12). The molecule has 0 radical (unpaired) electrons. The number of hydrogen-bond acceptors (Lipinski definition) is 2. The molecule has 0 spiro atoms. The summed E-state index contributed by atoms with van der Waals surface area (Å²) in [6.45, 7) is 6.50. The third-order valence-corrected chi connectivity index (χ3v) is 2.94. The third-order valence-electron chi connectivity index (χ3n) is 2.65. The van der Waals surface area contributed by atoms with E-state index in [-0.39, 0.29) is 0 Å². The van der Waals surface area contributed by atoms with Crippen LogP contribution in [-0.4, -0.2) is 14.8 Å². The lowest BCUT2D eigenvalue weighted by Crippen LogP contribution is -2.02. The smallest absolute Gasteiger partial charge is 0.195 e. The molecule has 66 valence electrons. The third kappa shape index (κ3) is 1.02. The number of nitrogens with zero attached hydrogens (tertiary/aromatic N) is 2. The fraction of sp³-hybridized carbons (Fsp3) is 0.750. The maximum atomic E-state index is 5.14. The van der Waals surface area contributed by atoms with Crippen LogP contribution in [0.3, 0.4) is 0 Å². The molecule has 1 fully saturated rings. The fourth-order valence-corrected chi connectivity index (χ4v) is 1.94. The van der Waals surface area contributed by atoms with E-state index in [2.05, 4.69) is 28.6 Å². The molecule has 4 heteroatoms. The summed E-state index contributed by atoms with van der Waals surface area (Å²) in [5.74, 6) is 0.996. The van der Waals surface area contributed by atoms with Gasteiger partial charge in [-0.05, 0) is 31.0 Å². The van der Waals surface area contributed by atoms with Crippen molar-refractivity contribution in [1.29, 1.82) is 0 Å². The maximum Gasteiger partial charge on any atom is 0.195 e. The Labute approximate surface area is 76.8 Å². The number of hydrogen-bond donors (Lipinski definition) is 1. The predicted octanol–water partition coefficient (Wildman–Crippen LogP) is 2.22. The SMILES string of the molecule is Cc1n[nH]c(=S)n1C1CC1(C)C. The quantitative estimate of drug-likeness (QED) is 0.677. The van der Waals surface area contributed by atoms with Crippen molar-refractivity contribution in [2.24, 2.45) is 5.41 Å². The van der Waals surface area contributed by atoms with Gasteiger partial charge in [-0.15, -0.1) is 0 Å². The Bertz CT molecular complexity index is 361. The summed E-state index contributed by atoms with van der Waals surface area (Å²) >= 11 is 5.14. The summed E-state index contributed by atoms with van der Waals surface area (Å²) in [6, 6.07) is 0.559. The minimum absolute atomic E-state index is 0.410. The zero-order valence-electron chi connectivity index (χ0n) is 7.59.